The number of nitrogens with one attached hydrogen (secondary N) is 1. The van der Waals surface area contributed by atoms with Crippen LogP contribution < -0.4 is 58.5 Å². The zero-order chi connectivity index (χ0) is 96.2. The Bertz CT molecular complexity index is 6110. The highest BCUT2D eigenvalue weighted by molar-refractivity contribution is 6.39. The van der Waals surface area contributed by atoms with Crippen molar-refractivity contribution in [2.45, 2.75) is 212 Å². The van der Waals surface area contributed by atoms with Gasteiger partial charge in [0.2, 0.25) is 0 Å². The molecule has 0 amide bonds. The normalized spacial score (nSPS) is 22.2. The van der Waals surface area contributed by atoms with Crippen LogP contribution in [0.2, 0.25) is 25.1 Å². The van der Waals surface area contributed by atoms with Crippen molar-refractivity contribution in [3.8, 4) is 0 Å². The van der Waals surface area contributed by atoms with Crippen molar-refractivity contribution < 1.29 is 9.84 Å². The molecule has 10 aromatic heterocycles. The molecular formula is C101H120Cl5N31O2. The number of hydrogen-bond donors (Lipinski definition) is 7. The number of nitrogens with two attached hydrogens (primary N) is 5. The molecule has 139 heavy (non-hydrogen) atoms. The topological polar surface area (TPSA) is 443 Å². The first kappa shape index (κ1) is 96.0. The summed E-state index contributed by atoms with van der Waals surface area (Å²) in [4.78, 5) is 104. The van der Waals surface area contributed by atoms with E-state index in [1.807, 2.05) is 82.8 Å². The van der Waals surface area contributed by atoms with E-state index >= 15 is 0 Å². The van der Waals surface area contributed by atoms with Crippen LogP contribution in [-0.4, -0.2) is 230 Å². The van der Waals surface area contributed by atoms with Gasteiger partial charge in [-0.15, -0.1) is 0 Å². The number of aliphatic hydroxyl groups excluding tert-OH is 1. The van der Waals surface area contributed by atoms with Crippen molar-refractivity contribution in [2.24, 2.45) is 75.3 Å². The van der Waals surface area contributed by atoms with E-state index in [0.717, 1.165) is 301 Å². The highest BCUT2D eigenvalue weighted by Crippen LogP contribution is 2.50. The summed E-state index contributed by atoms with van der Waals surface area (Å²) in [7, 11) is 1.80. The quantitative estimate of drug-likeness (QED) is 0.0597. The molecule has 12 N–H and O–H groups in total. The van der Waals surface area contributed by atoms with Crippen LogP contribution in [0.1, 0.15) is 230 Å². The second kappa shape index (κ2) is 40.1. The minimum Gasteiger partial charge on any atom is -0.394 e. The second-order valence-electron chi connectivity index (χ2n) is 39.8. The van der Waals surface area contributed by atoms with Gasteiger partial charge in [-0.3, -0.25) is 44.9 Å². The minimum absolute atomic E-state index is 0.0139. The summed E-state index contributed by atoms with van der Waals surface area (Å²) in [6.07, 6.45) is 39.6. The summed E-state index contributed by atoms with van der Waals surface area (Å²) >= 11 is 32.3. The van der Waals surface area contributed by atoms with Crippen molar-refractivity contribution in [3.63, 3.8) is 0 Å². The molecule has 24 rings (SSSR count). The molecule has 10 aromatic rings. The molecule has 38 heteroatoms. The average molecular weight is 1980 g/mol. The number of ether oxygens (including phenoxy) is 1. The van der Waals surface area contributed by atoms with E-state index in [1.54, 1.807) is 44.2 Å². The Kier molecular flexibility index (Phi) is 27.7. The molecule has 9 fully saturated rings. The maximum Gasteiger partial charge on any atom is 0.147 e. The van der Waals surface area contributed by atoms with E-state index in [-0.39, 0.29) is 18.1 Å². The zero-order valence-corrected chi connectivity index (χ0v) is 83.2. The standard InChI is InChI=1S/C21H26ClN7.2C21H25ClN6.C20H23ClN6O.C18H21ClN6O/c1-24-20-17(22)13(4-8-25-20)18-19-14(11-26-18)28-16(12-27-19)29-9-6-21(7-10-29)5-2-3-15(21)23;2*1-13-18(22)14(4-8-24-13)19-20-15(11-25-19)27-17(12-26-20)28-9-6-21(7-10-28)5-2-3-16(21)23;1-12-17(21)13(2-5-23-12)18-19-14(8-24-18)26-16(9-25-19)27-6-3-20(4-7-27)11-28-10-15(20)22;1-11-15(19)12(2-5-21-11)16-17-13(8-22-16)24-14(9-23-17)25-6-3-18(20,10-26)4-7-25/h4,8,12,15H,2-3,5-7,9-11,23H2,1H3,(H,24,25);2*4,8,12,16H,2-3,5-7,9-11,23H2,1H3;2,5,9,15H,3-4,6-8,10-11,22H2,1H3;2,5,9,26H,3-4,6-8,10,20H2,1H3/t15-;2*16-;15-;/m1111./s1. The largest absolute Gasteiger partial charge is 0.394 e. The lowest BCUT2D eigenvalue weighted by Gasteiger charge is -2.42. The molecule has 0 unspecified atom stereocenters. The molecule has 4 spiro atoms. The summed E-state index contributed by atoms with van der Waals surface area (Å²) in [5, 5.41) is 15.5. The van der Waals surface area contributed by atoms with E-state index in [0.29, 0.717) is 105 Å². The van der Waals surface area contributed by atoms with Gasteiger partial charge in [-0.25, -0.2) is 54.8 Å². The van der Waals surface area contributed by atoms with Crippen molar-refractivity contribution in [2.75, 3.05) is 122 Å². The summed E-state index contributed by atoms with van der Waals surface area (Å²) in [5.74, 6) is 5.23. The van der Waals surface area contributed by atoms with Crippen LogP contribution in [0.15, 0.2) is 117 Å². The first-order valence-electron chi connectivity index (χ1n) is 48.9. The van der Waals surface area contributed by atoms with Crippen molar-refractivity contribution in [3.05, 3.63) is 225 Å². The Morgan fingerprint density at radius 1 is 0.345 bits per heavy atom. The molecule has 0 aromatic carbocycles. The Hall–Kier alpha value is -10.5. The lowest BCUT2D eigenvalue weighted by molar-refractivity contribution is 0.131. The minimum atomic E-state index is -0.479. The summed E-state index contributed by atoms with van der Waals surface area (Å²) in [6.45, 7) is 21.1. The van der Waals surface area contributed by atoms with Crippen LogP contribution in [0.25, 0.3) is 0 Å². The van der Waals surface area contributed by atoms with E-state index in [4.69, 9.17) is 136 Å². The predicted octanol–water partition coefficient (Wildman–Crippen LogP) is 13.2. The number of aliphatic hydroxyl groups is 1. The fraction of sp³-hybridized carbons (Fsp3) is 0.505. The van der Waals surface area contributed by atoms with Crippen LogP contribution in [0.5, 0.6) is 0 Å². The monoisotopic (exact) mass is 1970 g/mol. The summed E-state index contributed by atoms with van der Waals surface area (Å²) < 4.78 is 5.62. The molecule has 33 nitrogen and oxygen atoms in total. The first-order valence-corrected chi connectivity index (χ1v) is 50.8. The highest BCUT2D eigenvalue weighted by atomic mass is 35.5. The summed E-state index contributed by atoms with van der Waals surface area (Å²) in [5.41, 5.74) is 52.5. The maximum absolute atomic E-state index is 9.41. The van der Waals surface area contributed by atoms with E-state index in [9.17, 15) is 5.11 Å². The third-order valence-electron chi connectivity index (χ3n) is 32.0. The fourth-order valence-electron chi connectivity index (χ4n) is 22.9. The van der Waals surface area contributed by atoms with Gasteiger partial charge < -0.3 is 68.3 Å². The fourth-order valence-corrected chi connectivity index (χ4v) is 24.0. The number of piperidine rings is 5. The lowest BCUT2D eigenvalue weighted by Crippen LogP contribution is -2.53. The van der Waals surface area contributed by atoms with Crippen LogP contribution in [0.3, 0.4) is 0 Å². The number of fused-ring (bicyclic) bond motifs is 5. The molecule has 4 atom stereocenters. The molecule has 6 saturated heterocycles. The molecule has 3 saturated carbocycles. The Balaban J connectivity index is 0.000000107. The van der Waals surface area contributed by atoms with E-state index < -0.39 is 5.54 Å². The number of anilines is 6. The average Bonchev–Trinajstić information content (AvgIpc) is 1.62. The second-order valence-corrected chi connectivity index (χ2v) is 41.7. The van der Waals surface area contributed by atoms with Gasteiger partial charge in [-0.05, 0) is 177 Å². The van der Waals surface area contributed by atoms with Gasteiger partial charge in [0.15, 0.2) is 0 Å². The molecular weight excluding hydrogens is 1860 g/mol. The maximum atomic E-state index is 9.41. The van der Waals surface area contributed by atoms with Crippen LogP contribution in [0.4, 0.5) is 34.9 Å². The van der Waals surface area contributed by atoms with Crippen LogP contribution >= 0.6 is 58.0 Å². The Morgan fingerprint density at radius 2 is 0.597 bits per heavy atom. The van der Waals surface area contributed by atoms with Gasteiger partial charge in [0, 0.05) is 166 Å². The highest BCUT2D eigenvalue weighted by Gasteiger charge is 2.49. The number of halogens is 5. The molecule has 0 radical (unpaired) electrons. The van der Waals surface area contributed by atoms with Crippen LogP contribution in [-0.2, 0) is 37.5 Å². The lowest BCUT2D eigenvalue weighted by atomic mass is 9.74. The van der Waals surface area contributed by atoms with Gasteiger partial charge in [0.25, 0.3) is 0 Å². The van der Waals surface area contributed by atoms with Gasteiger partial charge in [-0.1, -0.05) is 77.3 Å². The molecule has 21 heterocycles. The smallest absolute Gasteiger partial charge is 0.147 e. The Morgan fingerprint density at radius 3 is 0.835 bits per heavy atom. The zero-order valence-electron chi connectivity index (χ0n) is 79.4. The molecule has 0 bridgehead atoms. The van der Waals surface area contributed by atoms with Crippen LogP contribution in [0, 0.1) is 49.4 Å². The van der Waals surface area contributed by atoms with Gasteiger partial charge in [0.05, 0.1) is 188 Å². The van der Waals surface area contributed by atoms with Gasteiger partial charge in [-0.2, -0.15) is 0 Å². The molecule has 726 valence electrons. The number of rotatable bonds is 12. The predicted molar refractivity (Wildman–Crippen MR) is 547 cm³/mol. The SMILES string of the molecule is CNc1nccc(C2=NCc3nc(N4CCC5(CCC[C@H]5N)CC4)cnc32)c1Cl.Cc1nccc(C2=NCc3nc(N4CCC(N)(CO)CC4)cnc32)c1Cl.Cc1nccc(C2=NCc3nc(N4CCC5(CC4)COC[C@H]5N)cnc32)c1Cl.Cc1nccc(C2=NCc3nc(N4CCC5(CCC[C@H]5N)CC4)cnc32)c1Cl.Cc1nccc(C2=NCc3nc(N4CCC5(CCC[C@H]5N)CC4)cnc32)c1Cl. The van der Waals surface area contributed by atoms with E-state index in [1.165, 1.54) is 57.8 Å². The van der Waals surface area contributed by atoms with E-state index in [2.05, 4.69) is 84.7 Å². The van der Waals surface area contributed by atoms with Gasteiger partial charge in [0.1, 0.15) is 63.4 Å². The number of hydrogen-bond acceptors (Lipinski definition) is 33. The number of aliphatic imine (C=N–C) groups is 5. The third kappa shape index (κ3) is 18.8. The first-order chi connectivity index (χ1) is 67.3. The third-order valence-corrected chi connectivity index (χ3v) is 34.3. The van der Waals surface area contributed by atoms with Gasteiger partial charge >= 0.3 is 0 Å². The number of aryl methyl sites for hydroxylation is 4. The van der Waals surface area contributed by atoms with Crippen molar-refractivity contribution >= 4 is 121 Å². The number of aromatic nitrogens is 15. The van der Waals surface area contributed by atoms with Crippen molar-refractivity contribution in [1.82, 2.24) is 74.8 Å². The summed E-state index contributed by atoms with van der Waals surface area (Å²) in [6, 6.07) is 10.7. The van der Waals surface area contributed by atoms with Crippen molar-refractivity contribution in [1.29, 1.82) is 0 Å². The molecule has 14 aliphatic rings. The Labute approximate surface area is 835 Å². The molecule has 3 aliphatic carbocycles. The number of nitrogens with zero attached hydrogens (tertiary/aromatic N) is 25. The molecule has 11 aliphatic heterocycles. The number of pyridine rings is 5.